The van der Waals surface area contributed by atoms with Gasteiger partial charge in [0.15, 0.2) is 0 Å². The largest absolute Gasteiger partial charge is 0.480 e. The van der Waals surface area contributed by atoms with Crippen LogP contribution in [0, 0.1) is 0 Å². The zero-order chi connectivity index (χ0) is 10.7. The predicted molar refractivity (Wildman–Crippen MR) is 52.9 cm³/mol. The minimum absolute atomic E-state index is 0.0929. The predicted octanol–water partition coefficient (Wildman–Crippen LogP) is -0.196. The van der Waals surface area contributed by atoms with Crippen LogP contribution in [0.3, 0.4) is 0 Å². The number of hydrogen-bond donors (Lipinski definition) is 1. The summed E-state index contributed by atoms with van der Waals surface area (Å²) in [5.41, 5.74) is 0.958. The van der Waals surface area contributed by atoms with Crippen LogP contribution in [-0.2, 0) is 16.1 Å². The average molecular weight is 211 g/mol. The molecule has 1 fully saturated rings. The molecule has 6 heteroatoms. The van der Waals surface area contributed by atoms with Crippen LogP contribution in [0.5, 0.6) is 0 Å². The molecule has 0 aromatic carbocycles. The number of aliphatic carboxylic acids is 1. The molecule has 2 heterocycles. The van der Waals surface area contributed by atoms with Crippen LogP contribution in [0.1, 0.15) is 0 Å². The van der Waals surface area contributed by atoms with E-state index in [1.165, 1.54) is 4.68 Å². The first-order valence-electron chi connectivity index (χ1n) is 4.82. The van der Waals surface area contributed by atoms with E-state index in [1.807, 2.05) is 0 Å². The Morgan fingerprint density at radius 2 is 2.27 bits per heavy atom. The molecule has 82 valence electrons. The van der Waals surface area contributed by atoms with Crippen molar-refractivity contribution in [1.29, 1.82) is 0 Å². The Bertz CT molecular complexity index is 344. The molecule has 0 saturated carbocycles. The first-order chi connectivity index (χ1) is 7.25. The maximum atomic E-state index is 10.5. The lowest BCUT2D eigenvalue weighted by Gasteiger charge is -2.27. The van der Waals surface area contributed by atoms with Gasteiger partial charge in [0, 0.05) is 19.3 Å². The van der Waals surface area contributed by atoms with Crippen molar-refractivity contribution in [3.05, 3.63) is 12.4 Å². The van der Waals surface area contributed by atoms with Crippen LogP contribution in [0.15, 0.2) is 12.4 Å². The van der Waals surface area contributed by atoms with Crippen molar-refractivity contribution in [2.24, 2.45) is 0 Å². The highest BCUT2D eigenvalue weighted by molar-refractivity contribution is 5.66. The van der Waals surface area contributed by atoms with Crippen LogP contribution in [0.2, 0.25) is 0 Å². The smallest absolute Gasteiger partial charge is 0.325 e. The number of carbonyl (C=O) groups is 1. The minimum atomic E-state index is -0.883. The van der Waals surface area contributed by atoms with E-state index < -0.39 is 5.97 Å². The van der Waals surface area contributed by atoms with E-state index in [4.69, 9.17) is 9.84 Å². The standard InChI is InChI=1S/C9H13N3O3/c13-9(14)7-12-6-8(5-10-12)11-1-3-15-4-2-11/h5-6H,1-4,7H2,(H,13,14). The molecule has 0 unspecified atom stereocenters. The van der Waals surface area contributed by atoms with Gasteiger partial charge in [0.25, 0.3) is 0 Å². The number of ether oxygens (including phenoxy) is 1. The summed E-state index contributed by atoms with van der Waals surface area (Å²) in [5.74, 6) is -0.883. The molecule has 1 aliphatic rings. The van der Waals surface area contributed by atoms with Gasteiger partial charge in [0.1, 0.15) is 6.54 Å². The highest BCUT2D eigenvalue weighted by Gasteiger charge is 2.13. The first kappa shape index (κ1) is 9.97. The second-order valence-electron chi connectivity index (χ2n) is 3.39. The lowest BCUT2D eigenvalue weighted by Crippen LogP contribution is -2.35. The molecular weight excluding hydrogens is 198 g/mol. The Hall–Kier alpha value is -1.56. The van der Waals surface area contributed by atoms with E-state index >= 15 is 0 Å². The highest BCUT2D eigenvalue weighted by Crippen LogP contribution is 2.13. The van der Waals surface area contributed by atoms with Gasteiger partial charge < -0.3 is 14.7 Å². The van der Waals surface area contributed by atoms with Gasteiger partial charge in [-0.3, -0.25) is 9.48 Å². The third kappa shape index (κ3) is 2.47. The Balaban J connectivity index is 2.02. The molecule has 1 aromatic heterocycles. The van der Waals surface area contributed by atoms with E-state index in [0.29, 0.717) is 13.2 Å². The zero-order valence-electron chi connectivity index (χ0n) is 8.30. The van der Waals surface area contributed by atoms with E-state index in [-0.39, 0.29) is 6.54 Å². The number of morpholine rings is 1. The molecule has 1 N–H and O–H groups in total. The monoisotopic (exact) mass is 211 g/mol. The van der Waals surface area contributed by atoms with Crippen LogP contribution in [-0.4, -0.2) is 47.2 Å². The molecular formula is C9H13N3O3. The summed E-state index contributed by atoms with van der Waals surface area (Å²) in [6.45, 7) is 3.00. The molecule has 0 bridgehead atoms. The fourth-order valence-corrected chi connectivity index (χ4v) is 1.56. The summed E-state index contributed by atoms with van der Waals surface area (Å²) >= 11 is 0. The third-order valence-electron chi connectivity index (χ3n) is 2.29. The van der Waals surface area contributed by atoms with Crippen molar-refractivity contribution in [1.82, 2.24) is 9.78 Å². The van der Waals surface area contributed by atoms with Gasteiger partial charge >= 0.3 is 5.97 Å². The van der Waals surface area contributed by atoms with Crippen molar-refractivity contribution in [2.45, 2.75) is 6.54 Å². The maximum Gasteiger partial charge on any atom is 0.325 e. The molecule has 0 radical (unpaired) electrons. The lowest BCUT2D eigenvalue weighted by molar-refractivity contribution is -0.137. The Labute approximate surface area is 87.1 Å². The van der Waals surface area contributed by atoms with Gasteiger partial charge in [-0.1, -0.05) is 0 Å². The van der Waals surface area contributed by atoms with E-state index in [2.05, 4.69) is 10.00 Å². The van der Waals surface area contributed by atoms with Crippen molar-refractivity contribution < 1.29 is 14.6 Å². The summed E-state index contributed by atoms with van der Waals surface area (Å²) in [5, 5.41) is 12.6. The molecule has 1 aliphatic heterocycles. The molecule has 1 aromatic rings. The quantitative estimate of drug-likeness (QED) is 0.750. The summed E-state index contributed by atoms with van der Waals surface area (Å²) in [4.78, 5) is 12.6. The van der Waals surface area contributed by atoms with Gasteiger partial charge in [-0.15, -0.1) is 0 Å². The second-order valence-corrected chi connectivity index (χ2v) is 3.39. The number of aromatic nitrogens is 2. The van der Waals surface area contributed by atoms with Crippen LogP contribution in [0.4, 0.5) is 5.69 Å². The highest BCUT2D eigenvalue weighted by atomic mass is 16.5. The van der Waals surface area contributed by atoms with Gasteiger partial charge in [-0.05, 0) is 0 Å². The van der Waals surface area contributed by atoms with Crippen molar-refractivity contribution in [3.8, 4) is 0 Å². The number of nitrogens with zero attached hydrogens (tertiary/aromatic N) is 3. The Kier molecular flexibility index (Phi) is 2.86. The van der Waals surface area contributed by atoms with Gasteiger partial charge in [-0.25, -0.2) is 0 Å². The number of hydrogen-bond acceptors (Lipinski definition) is 4. The van der Waals surface area contributed by atoms with Crippen LogP contribution in [0.25, 0.3) is 0 Å². The normalized spacial score (nSPS) is 16.7. The molecule has 6 nitrogen and oxygen atoms in total. The van der Waals surface area contributed by atoms with Crippen molar-refractivity contribution in [2.75, 3.05) is 31.2 Å². The van der Waals surface area contributed by atoms with E-state index in [9.17, 15) is 4.79 Å². The fraction of sp³-hybridized carbons (Fsp3) is 0.556. The lowest BCUT2D eigenvalue weighted by atomic mass is 10.4. The maximum absolute atomic E-state index is 10.5. The van der Waals surface area contributed by atoms with Gasteiger partial charge in [-0.2, -0.15) is 5.10 Å². The summed E-state index contributed by atoms with van der Waals surface area (Å²) in [6, 6.07) is 0. The second kappa shape index (κ2) is 4.31. The number of anilines is 1. The number of carboxylic acid groups (broad SMARTS) is 1. The van der Waals surface area contributed by atoms with Crippen LogP contribution < -0.4 is 4.90 Å². The average Bonchev–Trinajstić information content (AvgIpc) is 2.67. The molecule has 15 heavy (non-hydrogen) atoms. The fourth-order valence-electron chi connectivity index (χ4n) is 1.56. The number of carboxylic acids is 1. The SMILES string of the molecule is O=C(O)Cn1cc(N2CCOCC2)cn1. The van der Waals surface area contributed by atoms with Crippen molar-refractivity contribution >= 4 is 11.7 Å². The molecule has 0 amide bonds. The Morgan fingerprint density at radius 3 is 2.93 bits per heavy atom. The molecule has 0 aliphatic carbocycles. The molecule has 0 atom stereocenters. The molecule has 0 spiro atoms. The summed E-state index contributed by atoms with van der Waals surface area (Å²) < 4.78 is 6.65. The third-order valence-corrected chi connectivity index (χ3v) is 2.29. The topological polar surface area (TPSA) is 67.6 Å². The summed E-state index contributed by atoms with van der Waals surface area (Å²) in [7, 11) is 0. The summed E-state index contributed by atoms with van der Waals surface area (Å²) in [6.07, 6.45) is 3.44. The molecule has 2 rings (SSSR count). The Morgan fingerprint density at radius 1 is 1.53 bits per heavy atom. The van der Waals surface area contributed by atoms with Gasteiger partial charge in [0.05, 0.1) is 25.1 Å². The van der Waals surface area contributed by atoms with Crippen LogP contribution >= 0.6 is 0 Å². The van der Waals surface area contributed by atoms with E-state index in [1.54, 1.807) is 12.4 Å². The van der Waals surface area contributed by atoms with Crippen molar-refractivity contribution in [3.63, 3.8) is 0 Å². The molecule has 1 saturated heterocycles. The number of rotatable bonds is 3. The first-order valence-corrected chi connectivity index (χ1v) is 4.82. The zero-order valence-corrected chi connectivity index (χ0v) is 8.30. The minimum Gasteiger partial charge on any atom is -0.480 e. The van der Waals surface area contributed by atoms with Gasteiger partial charge in [0.2, 0.25) is 0 Å². The van der Waals surface area contributed by atoms with E-state index in [0.717, 1.165) is 18.8 Å².